The molecule has 0 spiro atoms. The van der Waals surface area contributed by atoms with Gasteiger partial charge in [-0.1, -0.05) is 6.07 Å². The molecule has 2 aromatic rings. The minimum Gasteiger partial charge on any atom is -0.481 e. The Hall–Kier alpha value is -2.44. The molecule has 2 heterocycles. The van der Waals surface area contributed by atoms with Crippen LogP contribution in [0.15, 0.2) is 36.5 Å². The van der Waals surface area contributed by atoms with Crippen molar-refractivity contribution in [3.05, 3.63) is 42.2 Å². The van der Waals surface area contributed by atoms with E-state index in [0.29, 0.717) is 18.2 Å². The molecule has 1 N–H and O–H groups in total. The van der Waals surface area contributed by atoms with E-state index >= 15 is 0 Å². The van der Waals surface area contributed by atoms with Crippen molar-refractivity contribution >= 4 is 5.82 Å². The average Bonchev–Trinajstić information content (AvgIpc) is 2.46. The van der Waals surface area contributed by atoms with E-state index in [1.54, 1.807) is 19.2 Å². The zero-order valence-corrected chi connectivity index (χ0v) is 10.7. The van der Waals surface area contributed by atoms with E-state index in [0.717, 1.165) is 5.69 Å². The molecule has 106 valence electrons. The number of halogens is 2. The molecule has 0 aliphatic carbocycles. The molecule has 0 aliphatic heterocycles. The molecule has 0 aliphatic rings. The summed E-state index contributed by atoms with van der Waals surface area (Å²) in [6.07, 6.45) is 1.23. The predicted octanol–water partition coefficient (Wildman–Crippen LogP) is 2.70. The van der Waals surface area contributed by atoms with Gasteiger partial charge in [0.05, 0.1) is 25.5 Å². The van der Waals surface area contributed by atoms with Crippen LogP contribution in [0.5, 0.6) is 11.6 Å². The largest absolute Gasteiger partial charge is 0.481 e. The van der Waals surface area contributed by atoms with Crippen LogP contribution < -0.4 is 14.8 Å². The van der Waals surface area contributed by atoms with Gasteiger partial charge < -0.3 is 14.8 Å². The summed E-state index contributed by atoms with van der Waals surface area (Å²) in [5.74, 6) is 1.08. The Kier molecular flexibility index (Phi) is 4.65. The molecular formula is C13H13F2N3O2. The number of hydrogen-bond donors (Lipinski definition) is 1. The lowest BCUT2D eigenvalue weighted by molar-refractivity contribution is -0.0500. The first kappa shape index (κ1) is 14.0. The van der Waals surface area contributed by atoms with Crippen molar-refractivity contribution in [1.82, 2.24) is 9.97 Å². The molecule has 0 amide bonds. The fourth-order valence-electron chi connectivity index (χ4n) is 1.51. The van der Waals surface area contributed by atoms with E-state index in [1.807, 2.05) is 12.1 Å². The minimum absolute atomic E-state index is 0.0186. The third-order valence-corrected chi connectivity index (χ3v) is 2.40. The third kappa shape index (κ3) is 4.04. The van der Waals surface area contributed by atoms with E-state index in [1.165, 1.54) is 12.3 Å². The normalized spacial score (nSPS) is 10.4. The number of nitrogens with zero attached hydrogens (tertiary/aromatic N) is 2. The quantitative estimate of drug-likeness (QED) is 0.882. The van der Waals surface area contributed by atoms with Crippen molar-refractivity contribution in [3.8, 4) is 11.6 Å². The maximum absolute atomic E-state index is 12.0. The van der Waals surface area contributed by atoms with Crippen molar-refractivity contribution in [1.29, 1.82) is 0 Å². The number of pyridine rings is 2. The highest BCUT2D eigenvalue weighted by atomic mass is 19.3. The number of rotatable bonds is 6. The molecule has 5 nitrogen and oxygen atoms in total. The second-order valence-electron chi connectivity index (χ2n) is 3.78. The fraction of sp³-hybridized carbons (Fsp3) is 0.231. The highest BCUT2D eigenvalue weighted by Crippen LogP contribution is 2.15. The number of nitrogens with one attached hydrogen (secondary N) is 1. The van der Waals surface area contributed by atoms with Gasteiger partial charge in [0.25, 0.3) is 0 Å². The molecule has 0 aromatic carbocycles. The summed E-state index contributed by atoms with van der Waals surface area (Å²) in [6, 6.07) is 8.39. The molecule has 0 unspecified atom stereocenters. The zero-order valence-electron chi connectivity index (χ0n) is 10.7. The Labute approximate surface area is 114 Å². The van der Waals surface area contributed by atoms with E-state index in [4.69, 9.17) is 4.74 Å². The van der Waals surface area contributed by atoms with Crippen molar-refractivity contribution in [2.75, 3.05) is 12.4 Å². The maximum Gasteiger partial charge on any atom is 0.387 e. The smallest absolute Gasteiger partial charge is 0.387 e. The fourth-order valence-corrected chi connectivity index (χ4v) is 1.51. The molecule has 2 rings (SSSR count). The monoisotopic (exact) mass is 281 g/mol. The molecule has 0 bridgehead atoms. The van der Waals surface area contributed by atoms with Gasteiger partial charge in [0.1, 0.15) is 11.6 Å². The second-order valence-corrected chi connectivity index (χ2v) is 3.78. The zero-order chi connectivity index (χ0) is 14.4. The van der Waals surface area contributed by atoms with E-state index < -0.39 is 6.61 Å². The van der Waals surface area contributed by atoms with Crippen LogP contribution >= 0.6 is 0 Å². The third-order valence-electron chi connectivity index (χ3n) is 2.40. The van der Waals surface area contributed by atoms with Crippen LogP contribution in [0.1, 0.15) is 5.69 Å². The Balaban J connectivity index is 1.93. The molecule has 0 saturated carbocycles. The van der Waals surface area contributed by atoms with Gasteiger partial charge in [0, 0.05) is 6.07 Å². The van der Waals surface area contributed by atoms with Crippen LogP contribution in [0.3, 0.4) is 0 Å². The number of ether oxygens (including phenoxy) is 2. The van der Waals surface area contributed by atoms with E-state index in [-0.39, 0.29) is 5.75 Å². The topological polar surface area (TPSA) is 56.3 Å². The first-order valence-electron chi connectivity index (χ1n) is 5.82. The summed E-state index contributed by atoms with van der Waals surface area (Å²) < 4.78 is 33.2. The summed E-state index contributed by atoms with van der Waals surface area (Å²) in [7, 11) is 1.54. The SMILES string of the molecule is COc1cccc(CNc2ccc(OC(F)F)cn2)n1. The Morgan fingerprint density at radius 1 is 1.25 bits per heavy atom. The molecule has 20 heavy (non-hydrogen) atoms. The number of hydrogen-bond acceptors (Lipinski definition) is 5. The van der Waals surface area contributed by atoms with Crippen LogP contribution in [0.2, 0.25) is 0 Å². The first-order chi connectivity index (χ1) is 9.67. The Bertz CT molecular complexity index is 550. The summed E-state index contributed by atoms with van der Waals surface area (Å²) in [4.78, 5) is 8.19. The molecular weight excluding hydrogens is 268 g/mol. The van der Waals surface area contributed by atoms with Crippen molar-refractivity contribution in [3.63, 3.8) is 0 Å². The van der Waals surface area contributed by atoms with Gasteiger partial charge in [0.2, 0.25) is 5.88 Å². The van der Waals surface area contributed by atoms with Gasteiger partial charge in [-0.3, -0.25) is 0 Å². The van der Waals surface area contributed by atoms with Crippen molar-refractivity contribution in [2.24, 2.45) is 0 Å². The van der Waals surface area contributed by atoms with Crippen LogP contribution in [0.25, 0.3) is 0 Å². The van der Waals surface area contributed by atoms with E-state index in [9.17, 15) is 8.78 Å². The molecule has 0 fully saturated rings. The summed E-state index contributed by atoms with van der Waals surface area (Å²) in [6.45, 7) is -2.41. The average molecular weight is 281 g/mol. The van der Waals surface area contributed by atoms with Gasteiger partial charge in [-0.2, -0.15) is 8.78 Å². The maximum atomic E-state index is 12.0. The highest BCUT2D eigenvalue weighted by molar-refractivity contribution is 5.38. The summed E-state index contributed by atoms with van der Waals surface area (Å²) in [5.41, 5.74) is 0.777. The first-order valence-corrected chi connectivity index (χ1v) is 5.82. The lowest BCUT2D eigenvalue weighted by atomic mass is 10.3. The number of anilines is 1. The van der Waals surface area contributed by atoms with Gasteiger partial charge >= 0.3 is 6.61 Å². The molecule has 0 atom stereocenters. The lowest BCUT2D eigenvalue weighted by Crippen LogP contribution is -2.05. The van der Waals surface area contributed by atoms with Gasteiger partial charge in [0.15, 0.2) is 0 Å². The molecule has 0 radical (unpaired) electrons. The Morgan fingerprint density at radius 2 is 2.10 bits per heavy atom. The van der Waals surface area contributed by atoms with E-state index in [2.05, 4.69) is 20.0 Å². The molecule has 2 aromatic heterocycles. The molecule has 7 heteroatoms. The van der Waals surface area contributed by atoms with Crippen LogP contribution in [-0.2, 0) is 6.54 Å². The number of aromatic nitrogens is 2. The second kappa shape index (κ2) is 6.65. The molecule has 0 saturated heterocycles. The van der Waals surface area contributed by atoms with Crippen LogP contribution in [0.4, 0.5) is 14.6 Å². The predicted molar refractivity (Wildman–Crippen MR) is 69.0 cm³/mol. The van der Waals surface area contributed by atoms with Crippen LogP contribution in [-0.4, -0.2) is 23.7 Å². The van der Waals surface area contributed by atoms with Crippen molar-refractivity contribution in [2.45, 2.75) is 13.2 Å². The summed E-state index contributed by atoms with van der Waals surface area (Å²) in [5, 5.41) is 3.02. The van der Waals surface area contributed by atoms with Gasteiger partial charge in [-0.25, -0.2) is 9.97 Å². The van der Waals surface area contributed by atoms with Crippen molar-refractivity contribution < 1.29 is 18.3 Å². The summed E-state index contributed by atoms with van der Waals surface area (Å²) >= 11 is 0. The number of methoxy groups -OCH3 is 1. The minimum atomic E-state index is -2.85. The number of alkyl halides is 2. The Morgan fingerprint density at radius 3 is 2.75 bits per heavy atom. The standard InChI is InChI=1S/C13H13F2N3O2/c1-19-12-4-2-3-9(18-12)7-16-11-6-5-10(8-17-11)20-13(14)15/h2-6,8,13H,7H2,1H3,(H,16,17). The lowest BCUT2D eigenvalue weighted by Gasteiger charge is -2.07. The highest BCUT2D eigenvalue weighted by Gasteiger charge is 2.04. The van der Waals surface area contributed by atoms with Gasteiger partial charge in [-0.05, 0) is 18.2 Å². The van der Waals surface area contributed by atoms with Gasteiger partial charge in [-0.15, -0.1) is 0 Å². The van der Waals surface area contributed by atoms with Crippen LogP contribution in [0, 0.1) is 0 Å².